The molecule has 0 spiro atoms. The van der Waals surface area contributed by atoms with Gasteiger partial charge in [-0.3, -0.25) is 0 Å². The van der Waals surface area contributed by atoms with Crippen molar-refractivity contribution in [3.05, 3.63) is 15.0 Å². The summed E-state index contributed by atoms with van der Waals surface area (Å²) in [5.74, 6) is 0.537. The summed E-state index contributed by atoms with van der Waals surface area (Å²) >= 11 is 5.13. The van der Waals surface area contributed by atoms with E-state index in [4.69, 9.17) is 4.74 Å². The van der Waals surface area contributed by atoms with Crippen LogP contribution in [0.3, 0.4) is 0 Å². The molecule has 1 aromatic heterocycles. The lowest BCUT2D eigenvalue weighted by Gasteiger charge is -2.19. The molecule has 0 saturated carbocycles. The zero-order valence-corrected chi connectivity index (χ0v) is 9.03. The van der Waals surface area contributed by atoms with Gasteiger partial charge in [-0.2, -0.15) is 0 Å². The Morgan fingerprint density at radius 3 is 3.17 bits per heavy atom. The third-order valence-electron chi connectivity index (χ3n) is 2.00. The van der Waals surface area contributed by atoms with Gasteiger partial charge < -0.3 is 4.74 Å². The summed E-state index contributed by atoms with van der Waals surface area (Å²) < 4.78 is 6.51. The lowest BCUT2D eigenvalue weighted by Crippen LogP contribution is -2.15. The molecule has 1 saturated heterocycles. The number of halogens is 1. The van der Waals surface area contributed by atoms with Gasteiger partial charge in [-0.15, -0.1) is 11.3 Å². The summed E-state index contributed by atoms with van der Waals surface area (Å²) in [5.41, 5.74) is 0. The summed E-state index contributed by atoms with van der Waals surface area (Å²) in [6, 6.07) is 0. The Morgan fingerprint density at radius 1 is 1.67 bits per heavy atom. The monoisotopic (exact) mass is 247 g/mol. The van der Waals surface area contributed by atoms with E-state index in [1.165, 1.54) is 17.8 Å². The highest BCUT2D eigenvalue weighted by atomic mass is 79.9. The van der Waals surface area contributed by atoms with E-state index in [0.29, 0.717) is 5.92 Å². The van der Waals surface area contributed by atoms with Crippen molar-refractivity contribution in [1.29, 1.82) is 0 Å². The third kappa shape index (κ3) is 1.87. The van der Waals surface area contributed by atoms with Gasteiger partial charge in [0.25, 0.3) is 0 Å². The first-order chi connectivity index (χ1) is 5.86. The van der Waals surface area contributed by atoms with Crippen LogP contribution in [0.15, 0.2) is 9.98 Å². The van der Waals surface area contributed by atoms with Crippen LogP contribution in [0.1, 0.15) is 23.8 Å². The standard InChI is InChI=1S/C8H10BrNOS/c9-7-4-10-8(12-7)6-2-1-3-11-5-6/h4,6H,1-3,5H2. The Morgan fingerprint density at radius 2 is 2.58 bits per heavy atom. The predicted octanol–water partition coefficient (Wildman–Crippen LogP) is 2.80. The van der Waals surface area contributed by atoms with Crippen LogP contribution in [0.2, 0.25) is 0 Å². The fourth-order valence-electron chi connectivity index (χ4n) is 1.39. The number of ether oxygens (including phenoxy) is 1. The second-order valence-corrected chi connectivity index (χ2v) is 5.36. The van der Waals surface area contributed by atoms with Crippen molar-refractivity contribution in [2.75, 3.05) is 13.2 Å². The lowest BCUT2D eigenvalue weighted by atomic mass is 10.0. The van der Waals surface area contributed by atoms with Gasteiger partial charge in [0.05, 0.1) is 21.6 Å². The third-order valence-corrected chi connectivity index (χ3v) is 3.64. The second-order valence-electron chi connectivity index (χ2n) is 2.92. The maximum atomic E-state index is 5.40. The Balaban J connectivity index is 2.08. The number of hydrogen-bond acceptors (Lipinski definition) is 3. The summed E-state index contributed by atoms with van der Waals surface area (Å²) in [6.45, 7) is 1.77. The Bertz CT molecular complexity index is 257. The first-order valence-corrected chi connectivity index (χ1v) is 5.66. The minimum atomic E-state index is 0.537. The fraction of sp³-hybridized carbons (Fsp3) is 0.625. The van der Waals surface area contributed by atoms with Crippen molar-refractivity contribution >= 4 is 27.3 Å². The molecule has 12 heavy (non-hydrogen) atoms. The predicted molar refractivity (Wildman–Crippen MR) is 52.6 cm³/mol. The SMILES string of the molecule is Brc1cnc(C2CCCOC2)s1. The Hall–Kier alpha value is 0.0700. The van der Waals surface area contributed by atoms with Gasteiger partial charge in [-0.1, -0.05) is 0 Å². The minimum absolute atomic E-state index is 0.537. The molecule has 1 unspecified atom stereocenters. The van der Waals surface area contributed by atoms with Crippen molar-refractivity contribution in [2.45, 2.75) is 18.8 Å². The maximum absolute atomic E-state index is 5.40. The minimum Gasteiger partial charge on any atom is -0.381 e. The Kier molecular flexibility index (Phi) is 2.78. The zero-order valence-electron chi connectivity index (χ0n) is 6.62. The highest BCUT2D eigenvalue weighted by Gasteiger charge is 2.18. The van der Waals surface area contributed by atoms with Crippen LogP contribution >= 0.6 is 27.3 Å². The number of thiazole rings is 1. The molecule has 1 aliphatic rings. The van der Waals surface area contributed by atoms with E-state index in [0.717, 1.165) is 17.0 Å². The quantitative estimate of drug-likeness (QED) is 0.762. The van der Waals surface area contributed by atoms with E-state index < -0.39 is 0 Å². The molecule has 0 aliphatic carbocycles. The molecule has 0 radical (unpaired) electrons. The number of aromatic nitrogens is 1. The summed E-state index contributed by atoms with van der Waals surface area (Å²) in [7, 11) is 0. The molecular formula is C8H10BrNOS. The van der Waals surface area contributed by atoms with E-state index in [1.54, 1.807) is 11.3 Å². The molecule has 0 amide bonds. The molecule has 0 aromatic carbocycles. The molecule has 1 aliphatic heterocycles. The largest absolute Gasteiger partial charge is 0.381 e. The molecule has 2 rings (SSSR count). The van der Waals surface area contributed by atoms with Gasteiger partial charge in [0, 0.05) is 12.5 Å². The topological polar surface area (TPSA) is 22.1 Å². The average molecular weight is 248 g/mol. The van der Waals surface area contributed by atoms with Gasteiger partial charge in [0.15, 0.2) is 0 Å². The van der Waals surface area contributed by atoms with Crippen molar-refractivity contribution in [1.82, 2.24) is 4.98 Å². The zero-order chi connectivity index (χ0) is 8.39. The molecule has 1 fully saturated rings. The van der Waals surface area contributed by atoms with Crippen molar-refractivity contribution in [2.24, 2.45) is 0 Å². The van der Waals surface area contributed by atoms with Crippen LogP contribution in [0, 0.1) is 0 Å². The fourth-order valence-corrected chi connectivity index (χ4v) is 2.75. The average Bonchev–Trinajstić information content (AvgIpc) is 2.54. The van der Waals surface area contributed by atoms with Gasteiger partial charge in [0.1, 0.15) is 0 Å². The Labute approximate surface area is 84.1 Å². The first-order valence-electron chi connectivity index (χ1n) is 4.05. The van der Waals surface area contributed by atoms with E-state index in [1.807, 2.05) is 6.20 Å². The van der Waals surface area contributed by atoms with E-state index in [9.17, 15) is 0 Å². The smallest absolute Gasteiger partial charge is 0.0990 e. The lowest BCUT2D eigenvalue weighted by molar-refractivity contribution is 0.0804. The molecule has 1 aromatic rings. The summed E-state index contributed by atoms with van der Waals surface area (Å²) in [6.07, 6.45) is 4.26. The summed E-state index contributed by atoms with van der Waals surface area (Å²) in [5, 5.41) is 1.21. The van der Waals surface area contributed by atoms with Gasteiger partial charge >= 0.3 is 0 Å². The molecule has 0 bridgehead atoms. The molecule has 66 valence electrons. The molecule has 2 heterocycles. The molecule has 1 atom stereocenters. The number of nitrogens with zero attached hydrogens (tertiary/aromatic N) is 1. The maximum Gasteiger partial charge on any atom is 0.0990 e. The number of rotatable bonds is 1. The van der Waals surface area contributed by atoms with Crippen LogP contribution in [-0.4, -0.2) is 18.2 Å². The van der Waals surface area contributed by atoms with E-state index >= 15 is 0 Å². The van der Waals surface area contributed by atoms with Crippen LogP contribution < -0.4 is 0 Å². The van der Waals surface area contributed by atoms with E-state index in [2.05, 4.69) is 20.9 Å². The first kappa shape index (κ1) is 8.66. The van der Waals surface area contributed by atoms with Gasteiger partial charge in [0.2, 0.25) is 0 Å². The highest BCUT2D eigenvalue weighted by molar-refractivity contribution is 9.11. The summed E-state index contributed by atoms with van der Waals surface area (Å²) in [4.78, 5) is 4.33. The van der Waals surface area contributed by atoms with Crippen LogP contribution in [0.5, 0.6) is 0 Å². The second kappa shape index (κ2) is 3.85. The van der Waals surface area contributed by atoms with Crippen molar-refractivity contribution in [3.8, 4) is 0 Å². The molecule has 4 heteroatoms. The number of hydrogen-bond donors (Lipinski definition) is 0. The van der Waals surface area contributed by atoms with Gasteiger partial charge in [-0.25, -0.2) is 4.98 Å². The normalized spacial score (nSPS) is 24.2. The van der Waals surface area contributed by atoms with Crippen LogP contribution in [0.25, 0.3) is 0 Å². The van der Waals surface area contributed by atoms with Crippen LogP contribution in [0.4, 0.5) is 0 Å². The van der Waals surface area contributed by atoms with Crippen LogP contribution in [-0.2, 0) is 4.74 Å². The molecule has 2 nitrogen and oxygen atoms in total. The van der Waals surface area contributed by atoms with E-state index in [-0.39, 0.29) is 0 Å². The van der Waals surface area contributed by atoms with Gasteiger partial charge in [-0.05, 0) is 28.8 Å². The van der Waals surface area contributed by atoms with Crippen molar-refractivity contribution < 1.29 is 4.74 Å². The molecular weight excluding hydrogens is 238 g/mol. The highest BCUT2D eigenvalue weighted by Crippen LogP contribution is 2.30. The molecule has 0 N–H and O–H groups in total. The van der Waals surface area contributed by atoms with Crippen molar-refractivity contribution in [3.63, 3.8) is 0 Å².